The minimum Gasteiger partial charge on any atom is -0.385 e. The van der Waals surface area contributed by atoms with Crippen LogP contribution in [0.5, 0.6) is 0 Å². The molecule has 1 N–H and O–H groups in total. The van der Waals surface area contributed by atoms with Crippen molar-refractivity contribution in [3.05, 3.63) is 41.5 Å². The van der Waals surface area contributed by atoms with Crippen molar-refractivity contribution in [3.8, 4) is 0 Å². The van der Waals surface area contributed by atoms with Crippen LogP contribution in [-0.4, -0.2) is 10.7 Å². The second-order valence-corrected chi connectivity index (χ2v) is 5.13. The number of fused-ring (bicyclic) bond motifs is 1. The molecule has 2 aliphatic carbocycles. The molecule has 2 fully saturated rings. The van der Waals surface area contributed by atoms with Gasteiger partial charge in [-0.05, 0) is 49.2 Å². The topological polar surface area (TPSA) is 20.2 Å². The van der Waals surface area contributed by atoms with E-state index in [1.165, 1.54) is 30.4 Å². The maximum atomic E-state index is 10.7. The smallest absolute Gasteiger partial charge is 0.0888 e. The Labute approximate surface area is 96.8 Å². The van der Waals surface area contributed by atoms with Gasteiger partial charge in [-0.15, -0.1) is 0 Å². The van der Waals surface area contributed by atoms with E-state index >= 15 is 0 Å². The van der Waals surface area contributed by atoms with Gasteiger partial charge in [-0.25, -0.2) is 0 Å². The zero-order valence-electron chi connectivity index (χ0n) is 9.52. The predicted octanol–water partition coefficient (Wildman–Crippen LogP) is 3.40. The van der Waals surface area contributed by atoms with Gasteiger partial charge in [-0.1, -0.05) is 36.4 Å². The number of hydrogen-bond acceptors (Lipinski definition) is 1. The molecule has 0 saturated heterocycles. The van der Waals surface area contributed by atoms with Crippen molar-refractivity contribution in [1.82, 2.24) is 0 Å². The lowest BCUT2D eigenvalue weighted by molar-refractivity contribution is 0.0590. The number of aliphatic hydroxyl groups is 1. The first-order chi connectivity index (χ1) is 7.79. The molecule has 2 aliphatic rings. The minimum atomic E-state index is -0.462. The standard InChI is InChI=1S/C15H18O/c16-15-10-4-7-13(15)8-9-14(15)11-12-5-2-1-3-6-12/h1-3,5-6,11,13,16H,4,7-10H2/b14-11+/t13-,15+/m0/s1. The highest BCUT2D eigenvalue weighted by Gasteiger charge is 2.47. The molecule has 84 valence electrons. The Morgan fingerprint density at radius 1 is 1.19 bits per heavy atom. The van der Waals surface area contributed by atoms with Crippen LogP contribution in [0, 0.1) is 5.92 Å². The lowest BCUT2D eigenvalue weighted by Crippen LogP contribution is -2.29. The molecular formula is C15H18O. The van der Waals surface area contributed by atoms with E-state index in [0.717, 1.165) is 12.8 Å². The highest BCUT2D eigenvalue weighted by molar-refractivity contribution is 5.56. The molecule has 0 amide bonds. The van der Waals surface area contributed by atoms with E-state index in [9.17, 15) is 5.11 Å². The van der Waals surface area contributed by atoms with Gasteiger partial charge in [0.05, 0.1) is 5.60 Å². The maximum absolute atomic E-state index is 10.7. The summed E-state index contributed by atoms with van der Waals surface area (Å²) in [4.78, 5) is 0. The fourth-order valence-electron chi connectivity index (χ4n) is 3.36. The van der Waals surface area contributed by atoms with E-state index in [0.29, 0.717) is 5.92 Å². The van der Waals surface area contributed by atoms with Crippen molar-refractivity contribution in [2.24, 2.45) is 5.92 Å². The molecule has 0 unspecified atom stereocenters. The van der Waals surface area contributed by atoms with Crippen LogP contribution in [0.15, 0.2) is 35.9 Å². The van der Waals surface area contributed by atoms with E-state index in [4.69, 9.17) is 0 Å². The van der Waals surface area contributed by atoms with Gasteiger partial charge in [0.15, 0.2) is 0 Å². The molecule has 1 aromatic carbocycles. The molecule has 0 heterocycles. The van der Waals surface area contributed by atoms with Gasteiger partial charge in [0.1, 0.15) is 0 Å². The third kappa shape index (κ3) is 1.51. The zero-order valence-corrected chi connectivity index (χ0v) is 9.52. The van der Waals surface area contributed by atoms with Crippen molar-refractivity contribution in [1.29, 1.82) is 0 Å². The molecule has 3 rings (SSSR count). The van der Waals surface area contributed by atoms with Gasteiger partial charge in [-0.3, -0.25) is 0 Å². The van der Waals surface area contributed by atoms with E-state index in [1.54, 1.807) is 0 Å². The van der Waals surface area contributed by atoms with Crippen LogP contribution in [0.3, 0.4) is 0 Å². The predicted molar refractivity (Wildman–Crippen MR) is 65.9 cm³/mol. The van der Waals surface area contributed by atoms with Crippen LogP contribution in [0.25, 0.3) is 6.08 Å². The average molecular weight is 214 g/mol. The van der Waals surface area contributed by atoms with Gasteiger partial charge in [0, 0.05) is 0 Å². The molecule has 0 spiro atoms. The number of hydrogen-bond donors (Lipinski definition) is 1. The normalized spacial score (nSPS) is 35.6. The Morgan fingerprint density at radius 3 is 2.81 bits per heavy atom. The summed E-state index contributed by atoms with van der Waals surface area (Å²) in [6.45, 7) is 0. The molecule has 1 heteroatoms. The summed E-state index contributed by atoms with van der Waals surface area (Å²) >= 11 is 0. The highest BCUT2D eigenvalue weighted by Crippen LogP contribution is 2.50. The van der Waals surface area contributed by atoms with E-state index in [1.807, 2.05) is 6.07 Å². The monoisotopic (exact) mass is 214 g/mol. The quantitative estimate of drug-likeness (QED) is 0.759. The summed E-state index contributed by atoms with van der Waals surface area (Å²) in [6, 6.07) is 10.4. The van der Waals surface area contributed by atoms with Crippen LogP contribution in [0.1, 0.15) is 37.7 Å². The van der Waals surface area contributed by atoms with Crippen molar-refractivity contribution in [2.75, 3.05) is 0 Å². The van der Waals surface area contributed by atoms with Crippen LogP contribution < -0.4 is 0 Å². The van der Waals surface area contributed by atoms with Crippen LogP contribution >= 0.6 is 0 Å². The molecule has 2 saturated carbocycles. The number of rotatable bonds is 1. The molecule has 0 aromatic heterocycles. The van der Waals surface area contributed by atoms with Gasteiger partial charge in [0.25, 0.3) is 0 Å². The van der Waals surface area contributed by atoms with Crippen LogP contribution in [0.2, 0.25) is 0 Å². The molecule has 0 bridgehead atoms. The lowest BCUT2D eigenvalue weighted by atomic mass is 9.90. The summed E-state index contributed by atoms with van der Waals surface area (Å²) in [7, 11) is 0. The Balaban J connectivity index is 1.93. The Bertz CT molecular complexity index is 407. The van der Waals surface area contributed by atoms with E-state index in [-0.39, 0.29) is 0 Å². The largest absolute Gasteiger partial charge is 0.385 e. The third-order valence-electron chi connectivity index (χ3n) is 4.24. The first-order valence-corrected chi connectivity index (χ1v) is 6.27. The first kappa shape index (κ1) is 10.1. The van der Waals surface area contributed by atoms with Crippen LogP contribution in [-0.2, 0) is 0 Å². The highest BCUT2D eigenvalue weighted by atomic mass is 16.3. The average Bonchev–Trinajstić information content (AvgIpc) is 2.80. The fourth-order valence-corrected chi connectivity index (χ4v) is 3.36. The van der Waals surface area contributed by atoms with Gasteiger partial charge < -0.3 is 5.11 Å². The second kappa shape index (κ2) is 3.74. The zero-order chi connectivity index (χ0) is 11.0. The van der Waals surface area contributed by atoms with Gasteiger partial charge in [0.2, 0.25) is 0 Å². The van der Waals surface area contributed by atoms with Crippen molar-refractivity contribution in [2.45, 2.75) is 37.7 Å². The summed E-state index contributed by atoms with van der Waals surface area (Å²) in [5.41, 5.74) is 2.02. The minimum absolute atomic E-state index is 0.462. The third-order valence-corrected chi connectivity index (χ3v) is 4.24. The molecular weight excluding hydrogens is 196 g/mol. The molecule has 16 heavy (non-hydrogen) atoms. The molecule has 1 aromatic rings. The van der Waals surface area contributed by atoms with Crippen LogP contribution in [0.4, 0.5) is 0 Å². The lowest BCUT2D eigenvalue weighted by Gasteiger charge is -2.24. The molecule has 0 aliphatic heterocycles. The Hall–Kier alpha value is -1.08. The SMILES string of the molecule is O[C@]12CCC[C@H]1CC/C2=C\c1ccccc1. The fraction of sp³-hybridized carbons (Fsp3) is 0.467. The van der Waals surface area contributed by atoms with Gasteiger partial charge in [-0.2, -0.15) is 0 Å². The summed E-state index contributed by atoms with van der Waals surface area (Å²) in [6.07, 6.45) is 7.82. The second-order valence-electron chi connectivity index (χ2n) is 5.13. The van der Waals surface area contributed by atoms with Crippen molar-refractivity contribution < 1.29 is 5.11 Å². The molecule has 0 radical (unpaired) electrons. The Morgan fingerprint density at radius 2 is 2.00 bits per heavy atom. The van der Waals surface area contributed by atoms with E-state index in [2.05, 4.69) is 30.3 Å². The van der Waals surface area contributed by atoms with Crippen molar-refractivity contribution >= 4 is 6.08 Å². The van der Waals surface area contributed by atoms with E-state index < -0.39 is 5.60 Å². The first-order valence-electron chi connectivity index (χ1n) is 6.27. The summed E-state index contributed by atoms with van der Waals surface area (Å²) in [5, 5.41) is 10.7. The Kier molecular flexibility index (Phi) is 2.36. The maximum Gasteiger partial charge on any atom is 0.0888 e. The van der Waals surface area contributed by atoms with Gasteiger partial charge >= 0.3 is 0 Å². The number of benzene rings is 1. The summed E-state index contributed by atoms with van der Waals surface area (Å²) < 4.78 is 0. The van der Waals surface area contributed by atoms with Crippen molar-refractivity contribution in [3.63, 3.8) is 0 Å². The molecule has 1 nitrogen and oxygen atoms in total. The summed E-state index contributed by atoms with van der Waals surface area (Å²) in [5.74, 6) is 0.530. The molecule has 2 atom stereocenters.